The zero-order valence-electron chi connectivity index (χ0n) is 19.1. The van der Waals surface area contributed by atoms with Gasteiger partial charge in [0, 0.05) is 32.8 Å². The Morgan fingerprint density at radius 1 is 1.28 bits per heavy atom. The number of aromatic nitrogens is 1. The van der Waals surface area contributed by atoms with E-state index in [-0.39, 0.29) is 0 Å². The van der Waals surface area contributed by atoms with Crippen molar-refractivity contribution in [3.63, 3.8) is 0 Å². The SMILES string of the molecule is CCNC(=NCC1CCN(Cc2nc(C)c(C)o2)CC1)NCCCOCC(C)C. The molecular formula is C22H41N5O2. The standard InChI is InChI=1S/C22H41N5O2/c1-6-23-22(24-10-7-13-28-16-17(2)3)25-14-20-8-11-27(12-9-20)15-21-26-18(4)19(5)29-21/h17,20H,6-16H2,1-5H3,(H2,23,24,25). The molecule has 29 heavy (non-hydrogen) atoms. The molecule has 1 aromatic heterocycles. The van der Waals surface area contributed by atoms with Crippen molar-refractivity contribution in [1.29, 1.82) is 0 Å². The number of rotatable bonds is 11. The molecular weight excluding hydrogens is 366 g/mol. The Bertz CT molecular complexity index is 587. The Kier molecular flexibility index (Phi) is 10.5. The largest absolute Gasteiger partial charge is 0.444 e. The van der Waals surface area contributed by atoms with Crippen LogP contribution in [-0.4, -0.2) is 61.8 Å². The van der Waals surface area contributed by atoms with Gasteiger partial charge in [-0.15, -0.1) is 0 Å². The monoisotopic (exact) mass is 407 g/mol. The van der Waals surface area contributed by atoms with E-state index in [9.17, 15) is 0 Å². The van der Waals surface area contributed by atoms with E-state index >= 15 is 0 Å². The average Bonchev–Trinajstić information content (AvgIpc) is 3.00. The van der Waals surface area contributed by atoms with Crippen molar-refractivity contribution in [2.75, 3.05) is 45.9 Å². The molecule has 2 heterocycles. The summed E-state index contributed by atoms with van der Waals surface area (Å²) in [4.78, 5) is 11.8. The first-order valence-corrected chi connectivity index (χ1v) is 11.2. The zero-order chi connectivity index (χ0) is 21.1. The van der Waals surface area contributed by atoms with Crippen molar-refractivity contribution < 1.29 is 9.15 Å². The third-order valence-corrected chi connectivity index (χ3v) is 5.20. The van der Waals surface area contributed by atoms with Crippen molar-refractivity contribution in [2.24, 2.45) is 16.8 Å². The van der Waals surface area contributed by atoms with Gasteiger partial charge in [0.15, 0.2) is 5.96 Å². The molecule has 0 unspecified atom stereocenters. The third kappa shape index (κ3) is 9.17. The number of hydrogen-bond acceptors (Lipinski definition) is 5. The molecule has 2 rings (SSSR count). The van der Waals surface area contributed by atoms with Crippen LogP contribution in [0.3, 0.4) is 0 Å². The summed E-state index contributed by atoms with van der Waals surface area (Å²) in [5, 5.41) is 6.77. The van der Waals surface area contributed by atoms with Crippen molar-refractivity contribution in [2.45, 2.75) is 60.4 Å². The van der Waals surface area contributed by atoms with Gasteiger partial charge in [0.25, 0.3) is 0 Å². The van der Waals surface area contributed by atoms with E-state index in [1.165, 1.54) is 12.8 Å². The van der Waals surface area contributed by atoms with Gasteiger partial charge in [-0.3, -0.25) is 9.89 Å². The highest BCUT2D eigenvalue weighted by atomic mass is 16.5. The summed E-state index contributed by atoms with van der Waals surface area (Å²) >= 11 is 0. The molecule has 1 aliphatic rings. The number of ether oxygens (including phenoxy) is 1. The van der Waals surface area contributed by atoms with Gasteiger partial charge in [-0.1, -0.05) is 13.8 Å². The van der Waals surface area contributed by atoms with Crippen LogP contribution in [0, 0.1) is 25.7 Å². The van der Waals surface area contributed by atoms with E-state index in [1.54, 1.807) is 0 Å². The lowest BCUT2D eigenvalue weighted by atomic mass is 9.97. The summed E-state index contributed by atoms with van der Waals surface area (Å²) in [5.41, 5.74) is 0.999. The first kappa shape index (κ1) is 23.7. The fourth-order valence-corrected chi connectivity index (χ4v) is 3.39. The molecule has 2 N–H and O–H groups in total. The molecule has 0 radical (unpaired) electrons. The summed E-state index contributed by atoms with van der Waals surface area (Å²) in [5.74, 6) is 3.93. The van der Waals surface area contributed by atoms with Crippen LogP contribution < -0.4 is 10.6 Å². The van der Waals surface area contributed by atoms with Crippen molar-refractivity contribution in [1.82, 2.24) is 20.5 Å². The van der Waals surface area contributed by atoms with Gasteiger partial charge in [-0.25, -0.2) is 4.98 Å². The molecule has 7 nitrogen and oxygen atoms in total. The summed E-state index contributed by atoms with van der Waals surface area (Å²) in [6.07, 6.45) is 3.34. The normalized spacial score (nSPS) is 16.6. The van der Waals surface area contributed by atoms with Crippen LogP contribution in [0.4, 0.5) is 0 Å². The lowest BCUT2D eigenvalue weighted by Crippen LogP contribution is -2.39. The summed E-state index contributed by atoms with van der Waals surface area (Å²) in [6, 6.07) is 0. The molecule has 166 valence electrons. The summed E-state index contributed by atoms with van der Waals surface area (Å²) in [7, 11) is 0. The van der Waals surface area contributed by atoms with Gasteiger partial charge in [-0.05, 0) is 65.0 Å². The fraction of sp³-hybridized carbons (Fsp3) is 0.818. The van der Waals surface area contributed by atoms with Gasteiger partial charge < -0.3 is 19.8 Å². The lowest BCUT2D eigenvalue weighted by molar-refractivity contribution is 0.108. The maximum Gasteiger partial charge on any atom is 0.208 e. The van der Waals surface area contributed by atoms with Crippen LogP contribution in [0.1, 0.15) is 57.4 Å². The number of piperidine rings is 1. The van der Waals surface area contributed by atoms with Crippen molar-refractivity contribution in [3.8, 4) is 0 Å². The number of hydrogen-bond donors (Lipinski definition) is 2. The molecule has 0 spiro atoms. The van der Waals surface area contributed by atoms with Gasteiger partial charge in [0.05, 0.1) is 12.2 Å². The summed E-state index contributed by atoms with van der Waals surface area (Å²) < 4.78 is 11.4. The van der Waals surface area contributed by atoms with E-state index in [4.69, 9.17) is 14.1 Å². The average molecular weight is 408 g/mol. The third-order valence-electron chi connectivity index (χ3n) is 5.20. The Morgan fingerprint density at radius 3 is 2.66 bits per heavy atom. The van der Waals surface area contributed by atoms with E-state index in [1.807, 2.05) is 13.8 Å². The summed E-state index contributed by atoms with van der Waals surface area (Å²) in [6.45, 7) is 17.7. The van der Waals surface area contributed by atoms with Gasteiger partial charge in [-0.2, -0.15) is 0 Å². The second-order valence-corrected chi connectivity index (χ2v) is 8.44. The maximum absolute atomic E-state index is 5.72. The van der Waals surface area contributed by atoms with Gasteiger partial charge in [0.2, 0.25) is 5.89 Å². The highest BCUT2D eigenvalue weighted by Crippen LogP contribution is 2.20. The minimum Gasteiger partial charge on any atom is -0.444 e. The predicted octanol–water partition coefficient (Wildman–Crippen LogP) is 3.12. The number of guanidine groups is 1. The molecule has 0 amide bonds. The topological polar surface area (TPSA) is 74.9 Å². The maximum atomic E-state index is 5.72. The minimum atomic E-state index is 0.594. The first-order chi connectivity index (χ1) is 14.0. The Hall–Kier alpha value is -1.60. The molecule has 1 saturated heterocycles. The quantitative estimate of drug-likeness (QED) is 0.333. The van der Waals surface area contributed by atoms with E-state index < -0.39 is 0 Å². The second-order valence-electron chi connectivity index (χ2n) is 8.44. The highest BCUT2D eigenvalue weighted by molar-refractivity contribution is 5.79. The van der Waals surface area contributed by atoms with Crippen LogP contribution in [0.15, 0.2) is 9.41 Å². The molecule has 0 aromatic carbocycles. The molecule has 0 bridgehead atoms. The Balaban J connectivity index is 1.66. The van der Waals surface area contributed by atoms with E-state index in [2.05, 4.69) is 41.3 Å². The van der Waals surface area contributed by atoms with Crippen molar-refractivity contribution in [3.05, 3.63) is 17.3 Å². The van der Waals surface area contributed by atoms with Crippen LogP contribution in [0.5, 0.6) is 0 Å². The fourth-order valence-electron chi connectivity index (χ4n) is 3.39. The van der Waals surface area contributed by atoms with Crippen LogP contribution in [-0.2, 0) is 11.3 Å². The highest BCUT2D eigenvalue weighted by Gasteiger charge is 2.20. The van der Waals surface area contributed by atoms with Gasteiger partial charge >= 0.3 is 0 Å². The zero-order valence-corrected chi connectivity index (χ0v) is 19.1. The van der Waals surface area contributed by atoms with Crippen LogP contribution in [0.25, 0.3) is 0 Å². The number of likely N-dealkylation sites (tertiary alicyclic amines) is 1. The number of oxazole rings is 1. The number of nitrogens with zero attached hydrogens (tertiary/aromatic N) is 3. The second kappa shape index (κ2) is 12.9. The predicted molar refractivity (Wildman–Crippen MR) is 118 cm³/mol. The Morgan fingerprint density at radius 2 is 2.03 bits per heavy atom. The Labute approximate surface area is 176 Å². The molecule has 7 heteroatoms. The number of aryl methyl sites for hydroxylation is 2. The first-order valence-electron chi connectivity index (χ1n) is 11.2. The van der Waals surface area contributed by atoms with Crippen LogP contribution >= 0.6 is 0 Å². The van der Waals surface area contributed by atoms with Crippen molar-refractivity contribution >= 4 is 5.96 Å². The smallest absolute Gasteiger partial charge is 0.208 e. The molecule has 1 aromatic rings. The van der Waals surface area contributed by atoms with Crippen LogP contribution in [0.2, 0.25) is 0 Å². The molecule has 1 aliphatic heterocycles. The number of nitrogens with one attached hydrogen (secondary N) is 2. The minimum absolute atomic E-state index is 0.594. The molecule has 0 aliphatic carbocycles. The number of aliphatic imine (C=N–C) groups is 1. The molecule has 0 atom stereocenters. The van der Waals surface area contributed by atoms with E-state index in [0.29, 0.717) is 11.8 Å². The van der Waals surface area contributed by atoms with Gasteiger partial charge in [0.1, 0.15) is 5.76 Å². The molecule has 1 fully saturated rings. The molecule has 0 saturated carbocycles. The lowest BCUT2D eigenvalue weighted by Gasteiger charge is -2.30. The van der Waals surface area contributed by atoms with E-state index in [0.717, 1.165) is 82.2 Å².